The third kappa shape index (κ3) is 3.97. The molecule has 112 valence electrons. The Morgan fingerprint density at radius 2 is 1.90 bits per heavy atom. The predicted molar refractivity (Wildman–Crippen MR) is 69.1 cm³/mol. The van der Waals surface area contributed by atoms with Crippen molar-refractivity contribution in [3.05, 3.63) is 17.7 Å². The Hall–Kier alpha value is -1.54. The zero-order chi connectivity index (χ0) is 14.6. The minimum Gasteiger partial charge on any atom is -0.381 e. The van der Waals surface area contributed by atoms with E-state index >= 15 is 0 Å². The Morgan fingerprint density at radius 1 is 1.25 bits per heavy atom. The van der Waals surface area contributed by atoms with E-state index in [-0.39, 0.29) is 11.6 Å². The van der Waals surface area contributed by atoms with Gasteiger partial charge in [0.05, 0.1) is 5.56 Å². The molecule has 1 saturated heterocycles. The summed E-state index contributed by atoms with van der Waals surface area (Å²) >= 11 is 0. The number of nitrogens with one attached hydrogen (secondary N) is 2. The molecule has 1 aromatic heterocycles. The maximum Gasteiger partial charge on any atom is 0.416 e. The number of nitrogens with two attached hydrogens (primary N) is 1. The molecule has 0 atom stereocenters. The van der Waals surface area contributed by atoms with E-state index < -0.39 is 11.7 Å². The first-order valence-electron chi connectivity index (χ1n) is 6.36. The lowest BCUT2D eigenvalue weighted by molar-refractivity contribution is -0.137. The fourth-order valence-electron chi connectivity index (χ4n) is 2.06. The van der Waals surface area contributed by atoms with Gasteiger partial charge in [0.2, 0.25) is 0 Å². The first-order valence-corrected chi connectivity index (χ1v) is 6.36. The maximum absolute atomic E-state index is 12.7. The predicted octanol–water partition coefficient (Wildman–Crippen LogP) is 2.22. The molecule has 1 fully saturated rings. The van der Waals surface area contributed by atoms with Crippen LogP contribution in [0.2, 0.25) is 0 Å². The zero-order valence-corrected chi connectivity index (χ0v) is 10.8. The largest absolute Gasteiger partial charge is 0.416 e. The molecule has 0 aliphatic carbocycles. The van der Waals surface area contributed by atoms with Crippen molar-refractivity contribution in [2.45, 2.75) is 19.0 Å². The van der Waals surface area contributed by atoms with Crippen LogP contribution in [0.15, 0.2) is 12.1 Å². The molecule has 0 aromatic carbocycles. The van der Waals surface area contributed by atoms with Crippen LogP contribution in [0.3, 0.4) is 0 Å². The van der Waals surface area contributed by atoms with Crippen LogP contribution in [-0.4, -0.2) is 24.7 Å². The van der Waals surface area contributed by atoms with E-state index in [9.17, 15) is 13.2 Å². The number of hydrogen-bond acceptors (Lipinski definition) is 5. The van der Waals surface area contributed by atoms with Gasteiger partial charge in [0, 0.05) is 19.8 Å². The molecular weight excluding hydrogens is 273 g/mol. The van der Waals surface area contributed by atoms with E-state index in [0.717, 1.165) is 25.0 Å². The third-order valence-electron chi connectivity index (χ3n) is 3.21. The first kappa shape index (κ1) is 14.9. The van der Waals surface area contributed by atoms with Crippen LogP contribution >= 0.6 is 0 Å². The highest BCUT2D eigenvalue weighted by molar-refractivity contribution is 5.49. The van der Waals surface area contributed by atoms with Crippen molar-refractivity contribution >= 4 is 11.6 Å². The van der Waals surface area contributed by atoms with Crippen molar-refractivity contribution in [1.29, 1.82) is 0 Å². The Balaban J connectivity index is 2.06. The van der Waals surface area contributed by atoms with Crippen LogP contribution in [-0.2, 0) is 10.9 Å². The molecular formula is C12H17F3N4O. The van der Waals surface area contributed by atoms with Crippen LogP contribution in [0.1, 0.15) is 18.4 Å². The molecule has 5 nitrogen and oxygen atoms in total. The highest BCUT2D eigenvalue weighted by Gasteiger charge is 2.31. The van der Waals surface area contributed by atoms with Gasteiger partial charge in [-0.15, -0.1) is 0 Å². The number of hydrazine groups is 1. The lowest BCUT2D eigenvalue weighted by Gasteiger charge is -2.22. The Kier molecular flexibility index (Phi) is 4.66. The number of aromatic nitrogens is 1. The summed E-state index contributed by atoms with van der Waals surface area (Å²) < 4.78 is 43.4. The van der Waals surface area contributed by atoms with Gasteiger partial charge in [0.25, 0.3) is 0 Å². The quantitative estimate of drug-likeness (QED) is 0.586. The molecule has 2 heterocycles. The van der Waals surface area contributed by atoms with Crippen molar-refractivity contribution in [2.75, 3.05) is 30.5 Å². The van der Waals surface area contributed by atoms with E-state index in [1.807, 2.05) is 0 Å². The lowest BCUT2D eigenvalue weighted by atomic mass is 10.0. The zero-order valence-electron chi connectivity index (χ0n) is 10.8. The van der Waals surface area contributed by atoms with Gasteiger partial charge in [-0.1, -0.05) is 0 Å². The summed E-state index contributed by atoms with van der Waals surface area (Å²) in [5.74, 6) is 5.68. The standard InChI is InChI=1S/C12H17F3N4O/c13-12(14,15)9-5-10(18-11(6-9)19-16)17-7-8-1-3-20-4-2-8/h5-6,8H,1-4,7,16H2,(H2,17,18,19). The maximum atomic E-state index is 12.7. The molecule has 0 spiro atoms. The molecule has 1 aliphatic heterocycles. The number of anilines is 2. The molecule has 0 unspecified atom stereocenters. The van der Waals surface area contributed by atoms with Gasteiger partial charge in [-0.25, -0.2) is 10.8 Å². The van der Waals surface area contributed by atoms with E-state index in [1.165, 1.54) is 0 Å². The fraction of sp³-hybridized carbons (Fsp3) is 0.583. The van der Waals surface area contributed by atoms with Crippen LogP contribution in [0.4, 0.5) is 24.8 Å². The summed E-state index contributed by atoms with van der Waals surface area (Å²) in [4.78, 5) is 3.97. The van der Waals surface area contributed by atoms with Crippen LogP contribution in [0, 0.1) is 5.92 Å². The second-order valence-electron chi connectivity index (χ2n) is 4.71. The summed E-state index contributed by atoms with van der Waals surface area (Å²) in [6.07, 6.45) is -2.63. The van der Waals surface area contributed by atoms with Crippen LogP contribution in [0.5, 0.6) is 0 Å². The normalized spacial score (nSPS) is 17.0. The average molecular weight is 290 g/mol. The van der Waals surface area contributed by atoms with Crippen molar-refractivity contribution in [3.8, 4) is 0 Å². The van der Waals surface area contributed by atoms with E-state index in [0.29, 0.717) is 25.7 Å². The van der Waals surface area contributed by atoms with E-state index in [2.05, 4.69) is 15.7 Å². The second-order valence-corrected chi connectivity index (χ2v) is 4.71. The molecule has 0 saturated carbocycles. The Labute approximate surface area is 114 Å². The molecule has 20 heavy (non-hydrogen) atoms. The smallest absolute Gasteiger partial charge is 0.381 e. The lowest BCUT2D eigenvalue weighted by Crippen LogP contribution is -2.23. The van der Waals surface area contributed by atoms with Gasteiger partial charge in [0.1, 0.15) is 11.6 Å². The van der Waals surface area contributed by atoms with Crippen molar-refractivity contribution in [3.63, 3.8) is 0 Å². The van der Waals surface area contributed by atoms with Gasteiger partial charge >= 0.3 is 6.18 Å². The summed E-state index contributed by atoms with van der Waals surface area (Å²) in [5, 5.41) is 2.94. The average Bonchev–Trinajstić information content (AvgIpc) is 2.45. The number of hydrogen-bond donors (Lipinski definition) is 3. The van der Waals surface area contributed by atoms with Crippen molar-refractivity contribution in [1.82, 2.24) is 4.98 Å². The minimum atomic E-state index is -4.43. The topological polar surface area (TPSA) is 72.2 Å². The van der Waals surface area contributed by atoms with Gasteiger partial charge in [-0.2, -0.15) is 13.2 Å². The molecule has 0 bridgehead atoms. The minimum absolute atomic E-state index is 0.0192. The van der Waals surface area contributed by atoms with Gasteiger partial charge in [0.15, 0.2) is 0 Å². The SMILES string of the molecule is NNc1cc(C(F)(F)F)cc(NCC2CCOCC2)n1. The fourth-order valence-corrected chi connectivity index (χ4v) is 2.06. The van der Waals surface area contributed by atoms with E-state index in [1.54, 1.807) is 0 Å². The van der Waals surface area contributed by atoms with Gasteiger partial charge < -0.3 is 15.5 Å². The molecule has 8 heteroatoms. The van der Waals surface area contributed by atoms with Crippen molar-refractivity contribution < 1.29 is 17.9 Å². The number of ether oxygens (including phenoxy) is 1. The van der Waals surface area contributed by atoms with Gasteiger partial charge in [-0.3, -0.25) is 0 Å². The molecule has 1 aliphatic rings. The molecule has 0 amide bonds. The highest BCUT2D eigenvalue weighted by atomic mass is 19.4. The molecule has 0 radical (unpaired) electrons. The Morgan fingerprint density at radius 3 is 2.50 bits per heavy atom. The van der Waals surface area contributed by atoms with Crippen LogP contribution < -0.4 is 16.6 Å². The third-order valence-corrected chi connectivity index (χ3v) is 3.21. The molecule has 1 aromatic rings. The number of nitrogen functional groups attached to an aromatic ring is 1. The summed E-state index contributed by atoms with van der Waals surface area (Å²) in [6.45, 7) is 1.96. The highest BCUT2D eigenvalue weighted by Crippen LogP contribution is 2.32. The molecule has 4 N–H and O–H groups in total. The summed E-state index contributed by atoms with van der Waals surface area (Å²) in [7, 11) is 0. The van der Waals surface area contributed by atoms with Crippen molar-refractivity contribution in [2.24, 2.45) is 11.8 Å². The number of nitrogens with zero attached hydrogens (tertiary/aromatic N) is 1. The number of alkyl halides is 3. The number of halogens is 3. The first-order chi connectivity index (χ1) is 9.49. The summed E-state index contributed by atoms with van der Waals surface area (Å²) in [6, 6.07) is 1.86. The second kappa shape index (κ2) is 6.27. The van der Waals surface area contributed by atoms with E-state index in [4.69, 9.17) is 10.6 Å². The van der Waals surface area contributed by atoms with Crippen LogP contribution in [0.25, 0.3) is 0 Å². The number of pyridine rings is 1. The summed E-state index contributed by atoms with van der Waals surface area (Å²) in [5.41, 5.74) is 1.36. The van der Waals surface area contributed by atoms with Gasteiger partial charge in [-0.05, 0) is 30.9 Å². The number of rotatable bonds is 4. The molecule has 2 rings (SSSR count). The monoisotopic (exact) mass is 290 g/mol. The Bertz CT molecular complexity index is 447.